The second kappa shape index (κ2) is 5.92. The average molecular weight is 345 g/mol. The highest BCUT2D eigenvalue weighted by Crippen LogP contribution is 2.34. The van der Waals surface area contributed by atoms with Gasteiger partial charge in [-0.15, -0.1) is 11.3 Å². The lowest BCUT2D eigenvalue weighted by atomic mass is 9.98. The Morgan fingerprint density at radius 3 is 2.23 bits per heavy atom. The molecule has 1 aliphatic rings. The minimum Gasteiger partial charge on any atom is -0.335 e. The normalized spacial score (nSPS) is 18.7. The van der Waals surface area contributed by atoms with Crippen LogP contribution in [-0.4, -0.2) is 48.8 Å². The van der Waals surface area contributed by atoms with Crippen molar-refractivity contribution in [1.82, 2.24) is 9.88 Å². The summed E-state index contributed by atoms with van der Waals surface area (Å²) in [6, 6.07) is 0. The van der Waals surface area contributed by atoms with Gasteiger partial charge in [0.05, 0.1) is 16.5 Å². The summed E-state index contributed by atoms with van der Waals surface area (Å²) < 4.78 is 23.0. The monoisotopic (exact) mass is 344 g/mol. The Morgan fingerprint density at radius 1 is 1.23 bits per heavy atom. The number of carbonyl (C=O) groups is 1. The molecule has 1 aromatic heterocycles. The Bertz CT molecular complexity index is 655. The van der Waals surface area contributed by atoms with Gasteiger partial charge in [-0.1, -0.05) is 34.6 Å². The molecule has 1 aromatic rings. The molecule has 1 aliphatic heterocycles. The first-order valence-electron chi connectivity index (χ1n) is 7.52. The van der Waals surface area contributed by atoms with Crippen LogP contribution in [0.2, 0.25) is 0 Å². The minimum absolute atomic E-state index is 0.0476. The molecule has 7 heteroatoms. The van der Waals surface area contributed by atoms with E-state index < -0.39 is 9.84 Å². The predicted octanol–water partition coefficient (Wildman–Crippen LogP) is 2.43. The van der Waals surface area contributed by atoms with E-state index in [1.165, 1.54) is 0 Å². The predicted molar refractivity (Wildman–Crippen MR) is 89.5 cm³/mol. The lowest BCUT2D eigenvalue weighted by Crippen LogP contribution is -2.44. The number of rotatable bonds is 2. The Labute approximate surface area is 136 Å². The van der Waals surface area contributed by atoms with Crippen LogP contribution in [0.15, 0.2) is 0 Å². The third kappa shape index (κ3) is 3.68. The van der Waals surface area contributed by atoms with Gasteiger partial charge in [-0.25, -0.2) is 13.4 Å². The lowest BCUT2D eigenvalue weighted by molar-refractivity contribution is 0.0763. The summed E-state index contributed by atoms with van der Waals surface area (Å²) in [6.45, 7) is 10.9. The van der Waals surface area contributed by atoms with Gasteiger partial charge >= 0.3 is 0 Å². The number of hydrogen-bond acceptors (Lipinski definition) is 5. The van der Waals surface area contributed by atoms with Crippen LogP contribution in [0, 0.1) is 0 Å². The van der Waals surface area contributed by atoms with Crippen molar-refractivity contribution >= 4 is 27.1 Å². The zero-order valence-corrected chi connectivity index (χ0v) is 15.5. The fraction of sp³-hybridized carbons (Fsp3) is 0.733. The maximum Gasteiger partial charge on any atom is 0.273 e. The molecule has 22 heavy (non-hydrogen) atoms. The molecule has 0 saturated carbocycles. The first-order chi connectivity index (χ1) is 10.0. The third-order valence-corrected chi connectivity index (χ3v) is 7.04. The van der Waals surface area contributed by atoms with Crippen molar-refractivity contribution in [2.75, 3.05) is 24.6 Å². The Morgan fingerprint density at radius 2 is 1.77 bits per heavy atom. The molecular weight excluding hydrogens is 320 g/mol. The summed E-state index contributed by atoms with van der Waals surface area (Å²) in [7, 11) is -2.99. The SMILES string of the molecule is CC(C)c1sc(C(C)(C)C)nc1C(=O)N1CCS(=O)(=O)CC1. The maximum absolute atomic E-state index is 12.8. The number of hydrogen-bond donors (Lipinski definition) is 0. The van der Waals surface area contributed by atoms with Crippen molar-refractivity contribution in [2.24, 2.45) is 0 Å². The Balaban J connectivity index is 2.31. The molecule has 124 valence electrons. The summed E-state index contributed by atoms with van der Waals surface area (Å²) in [5.41, 5.74) is 0.405. The highest BCUT2D eigenvalue weighted by atomic mass is 32.2. The fourth-order valence-corrected chi connectivity index (χ4v) is 4.58. The summed E-state index contributed by atoms with van der Waals surface area (Å²) in [4.78, 5) is 20.0. The van der Waals surface area contributed by atoms with Gasteiger partial charge in [0.15, 0.2) is 9.84 Å². The van der Waals surface area contributed by atoms with E-state index in [2.05, 4.69) is 39.6 Å². The van der Waals surface area contributed by atoms with Crippen LogP contribution in [0.4, 0.5) is 0 Å². The first-order valence-corrected chi connectivity index (χ1v) is 10.2. The summed E-state index contributed by atoms with van der Waals surface area (Å²) in [5.74, 6) is 0.185. The van der Waals surface area contributed by atoms with E-state index in [4.69, 9.17) is 0 Å². The van der Waals surface area contributed by atoms with Crippen molar-refractivity contribution in [3.8, 4) is 0 Å². The smallest absolute Gasteiger partial charge is 0.273 e. The molecule has 0 aromatic carbocycles. The number of sulfone groups is 1. The van der Waals surface area contributed by atoms with Crippen LogP contribution >= 0.6 is 11.3 Å². The van der Waals surface area contributed by atoms with Gasteiger partial charge in [0.2, 0.25) is 0 Å². The second-order valence-electron chi connectivity index (χ2n) is 7.08. The van der Waals surface area contributed by atoms with Crippen LogP contribution in [0.25, 0.3) is 0 Å². The molecule has 0 spiro atoms. The van der Waals surface area contributed by atoms with Crippen molar-refractivity contribution in [2.45, 2.75) is 46.0 Å². The number of nitrogens with zero attached hydrogens (tertiary/aromatic N) is 2. The fourth-order valence-electron chi connectivity index (χ4n) is 2.26. The molecule has 1 saturated heterocycles. The maximum atomic E-state index is 12.8. The number of amides is 1. The minimum atomic E-state index is -2.99. The molecule has 0 N–H and O–H groups in total. The van der Waals surface area contributed by atoms with Crippen molar-refractivity contribution in [3.63, 3.8) is 0 Å². The molecule has 0 aliphatic carbocycles. The van der Waals surface area contributed by atoms with E-state index in [0.717, 1.165) is 9.88 Å². The number of thiazole rings is 1. The van der Waals surface area contributed by atoms with Gasteiger partial charge in [0, 0.05) is 23.4 Å². The van der Waals surface area contributed by atoms with Gasteiger partial charge in [0.1, 0.15) is 5.69 Å². The van der Waals surface area contributed by atoms with Crippen LogP contribution in [0.1, 0.15) is 60.9 Å². The number of aromatic nitrogens is 1. The molecule has 2 rings (SSSR count). The zero-order valence-electron chi connectivity index (χ0n) is 13.8. The van der Waals surface area contributed by atoms with Gasteiger partial charge < -0.3 is 4.90 Å². The van der Waals surface area contributed by atoms with Gasteiger partial charge in [-0.3, -0.25) is 4.79 Å². The van der Waals surface area contributed by atoms with E-state index in [-0.39, 0.29) is 41.8 Å². The summed E-state index contributed by atoms with van der Waals surface area (Å²) >= 11 is 1.59. The third-order valence-electron chi connectivity index (χ3n) is 3.65. The molecule has 0 bridgehead atoms. The van der Waals surface area contributed by atoms with E-state index in [0.29, 0.717) is 5.69 Å². The van der Waals surface area contributed by atoms with E-state index in [9.17, 15) is 13.2 Å². The van der Waals surface area contributed by atoms with Crippen LogP contribution < -0.4 is 0 Å². The summed E-state index contributed by atoms with van der Waals surface area (Å²) in [5, 5.41) is 0.948. The van der Waals surface area contributed by atoms with Crippen molar-refractivity contribution in [3.05, 3.63) is 15.6 Å². The van der Waals surface area contributed by atoms with Crippen molar-refractivity contribution < 1.29 is 13.2 Å². The molecule has 0 unspecified atom stereocenters. The molecule has 0 radical (unpaired) electrons. The van der Waals surface area contributed by atoms with E-state index in [1.54, 1.807) is 16.2 Å². The highest BCUT2D eigenvalue weighted by Gasteiger charge is 2.31. The molecule has 1 fully saturated rings. The average Bonchev–Trinajstić information content (AvgIpc) is 2.82. The first kappa shape index (κ1) is 17.4. The number of carbonyl (C=O) groups excluding carboxylic acids is 1. The van der Waals surface area contributed by atoms with Crippen molar-refractivity contribution in [1.29, 1.82) is 0 Å². The van der Waals surface area contributed by atoms with Crippen LogP contribution in [-0.2, 0) is 15.3 Å². The van der Waals surface area contributed by atoms with Gasteiger partial charge in [-0.2, -0.15) is 0 Å². The molecule has 2 heterocycles. The standard InChI is InChI=1S/C15H24N2O3S2/c1-10(2)12-11(16-14(21-12)15(3,4)5)13(18)17-6-8-22(19,20)9-7-17/h10H,6-9H2,1-5H3. The molecular formula is C15H24N2O3S2. The van der Waals surface area contributed by atoms with Crippen LogP contribution in [0.5, 0.6) is 0 Å². The zero-order chi connectivity index (χ0) is 16.7. The molecule has 0 atom stereocenters. The Hall–Kier alpha value is -0.950. The van der Waals surface area contributed by atoms with E-state index >= 15 is 0 Å². The van der Waals surface area contributed by atoms with Gasteiger partial charge in [-0.05, 0) is 5.92 Å². The topological polar surface area (TPSA) is 67.3 Å². The van der Waals surface area contributed by atoms with Gasteiger partial charge in [0.25, 0.3) is 5.91 Å². The second-order valence-corrected chi connectivity index (χ2v) is 10.4. The quantitative estimate of drug-likeness (QED) is 0.826. The van der Waals surface area contributed by atoms with Crippen LogP contribution in [0.3, 0.4) is 0 Å². The Kier molecular flexibility index (Phi) is 4.69. The highest BCUT2D eigenvalue weighted by molar-refractivity contribution is 7.91. The largest absolute Gasteiger partial charge is 0.335 e. The lowest BCUT2D eigenvalue weighted by Gasteiger charge is -2.26. The molecule has 1 amide bonds. The molecule has 5 nitrogen and oxygen atoms in total. The summed E-state index contributed by atoms with van der Waals surface area (Å²) in [6.07, 6.45) is 0. The van der Waals surface area contributed by atoms with E-state index in [1.807, 2.05) is 0 Å².